The fourth-order valence-electron chi connectivity index (χ4n) is 1.74. The normalized spacial score (nSPS) is 23.0. The second-order valence-corrected chi connectivity index (χ2v) is 5.50. The van der Waals surface area contributed by atoms with E-state index in [9.17, 15) is 0 Å². The van der Waals surface area contributed by atoms with Gasteiger partial charge in [-0.1, -0.05) is 45.2 Å². The summed E-state index contributed by atoms with van der Waals surface area (Å²) in [4.78, 5) is 0.301. The summed E-state index contributed by atoms with van der Waals surface area (Å²) < 4.78 is 5.36. The third kappa shape index (κ3) is 2.68. The molecule has 2 atom stereocenters. The lowest BCUT2D eigenvalue weighted by molar-refractivity contribution is 0.185. The minimum atomic E-state index is 0.301. The molecule has 1 fully saturated rings. The highest BCUT2D eigenvalue weighted by Crippen LogP contribution is 2.37. The van der Waals surface area contributed by atoms with Gasteiger partial charge in [0.1, 0.15) is 0 Å². The van der Waals surface area contributed by atoms with Gasteiger partial charge in [-0.3, -0.25) is 0 Å². The van der Waals surface area contributed by atoms with Gasteiger partial charge in [0.2, 0.25) is 0 Å². The number of hydrogen-bond donors (Lipinski definition) is 0. The molecule has 0 aromatic heterocycles. The second kappa shape index (κ2) is 5.05. The Kier molecular flexibility index (Phi) is 3.94. The monoisotopic (exact) mass is 308 g/mol. The molecule has 0 aliphatic carbocycles. The molecule has 1 aliphatic rings. The standard InChI is InChI=1S/C11H11BrCl2O/c12-11(8-3-4-15-6-8)7-1-2-9(13)10(14)5-7/h1-2,5,8,11H,3-4,6H2. The molecule has 15 heavy (non-hydrogen) atoms. The fraction of sp³-hybridized carbons (Fsp3) is 0.455. The summed E-state index contributed by atoms with van der Waals surface area (Å²) in [6, 6.07) is 5.76. The van der Waals surface area contributed by atoms with Crippen molar-refractivity contribution in [2.24, 2.45) is 5.92 Å². The molecule has 0 saturated carbocycles. The summed E-state index contributed by atoms with van der Waals surface area (Å²) in [5.41, 5.74) is 1.17. The molecule has 82 valence electrons. The van der Waals surface area contributed by atoms with Gasteiger partial charge < -0.3 is 4.74 Å². The van der Waals surface area contributed by atoms with Crippen LogP contribution in [0.2, 0.25) is 10.0 Å². The molecule has 1 nitrogen and oxygen atoms in total. The summed E-state index contributed by atoms with van der Waals surface area (Å²) in [6.07, 6.45) is 1.09. The first-order valence-corrected chi connectivity index (χ1v) is 6.52. The van der Waals surface area contributed by atoms with Crippen LogP contribution in [0.15, 0.2) is 18.2 Å². The molecule has 4 heteroatoms. The first kappa shape index (κ1) is 11.7. The van der Waals surface area contributed by atoms with Crippen LogP contribution in [0.4, 0.5) is 0 Å². The molecular weight excluding hydrogens is 299 g/mol. The summed E-state index contributed by atoms with van der Waals surface area (Å²) >= 11 is 15.5. The van der Waals surface area contributed by atoms with Crippen LogP contribution in [-0.2, 0) is 4.74 Å². The maximum Gasteiger partial charge on any atom is 0.0595 e. The van der Waals surface area contributed by atoms with Crippen molar-refractivity contribution in [3.8, 4) is 0 Å². The number of hydrogen-bond acceptors (Lipinski definition) is 1. The largest absolute Gasteiger partial charge is 0.381 e. The van der Waals surface area contributed by atoms with Crippen LogP contribution in [-0.4, -0.2) is 13.2 Å². The van der Waals surface area contributed by atoms with Gasteiger partial charge in [-0.2, -0.15) is 0 Å². The smallest absolute Gasteiger partial charge is 0.0595 e. The van der Waals surface area contributed by atoms with Gasteiger partial charge in [0, 0.05) is 17.4 Å². The Bertz CT molecular complexity index is 350. The Hall–Kier alpha value is 0.240. The molecule has 1 aromatic carbocycles. The SMILES string of the molecule is Clc1ccc(C(Br)C2CCOC2)cc1Cl. The van der Waals surface area contributed by atoms with E-state index in [0.29, 0.717) is 20.8 Å². The number of benzene rings is 1. The summed E-state index contributed by atoms with van der Waals surface area (Å²) in [6.45, 7) is 1.67. The highest BCUT2D eigenvalue weighted by molar-refractivity contribution is 9.09. The predicted molar refractivity (Wildman–Crippen MR) is 67.1 cm³/mol. The number of alkyl halides is 1. The van der Waals surface area contributed by atoms with Crippen molar-refractivity contribution < 1.29 is 4.74 Å². The van der Waals surface area contributed by atoms with E-state index >= 15 is 0 Å². The minimum absolute atomic E-state index is 0.301. The van der Waals surface area contributed by atoms with Crippen molar-refractivity contribution in [3.63, 3.8) is 0 Å². The lowest BCUT2D eigenvalue weighted by Crippen LogP contribution is -2.07. The van der Waals surface area contributed by atoms with Gasteiger partial charge in [0.15, 0.2) is 0 Å². The first-order valence-electron chi connectivity index (χ1n) is 4.85. The van der Waals surface area contributed by atoms with E-state index in [-0.39, 0.29) is 0 Å². The fourth-order valence-corrected chi connectivity index (χ4v) is 2.75. The van der Waals surface area contributed by atoms with Crippen LogP contribution in [0.5, 0.6) is 0 Å². The van der Waals surface area contributed by atoms with Crippen molar-refractivity contribution in [2.45, 2.75) is 11.2 Å². The van der Waals surface area contributed by atoms with Gasteiger partial charge in [0.25, 0.3) is 0 Å². The minimum Gasteiger partial charge on any atom is -0.381 e. The molecule has 1 saturated heterocycles. The van der Waals surface area contributed by atoms with Crippen LogP contribution in [0.3, 0.4) is 0 Å². The van der Waals surface area contributed by atoms with Crippen LogP contribution >= 0.6 is 39.1 Å². The number of ether oxygens (including phenoxy) is 1. The zero-order chi connectivity index (χ0) is 10.8. The van der Waals surface area contributed by atoms with Gasteiger partial charge in [-0.05, 0) is 24.1 Å². The molecule has 0 N–H and O–H groups in total. The van der Waals surface area contributed by atoms with Gasteiger partial charge in [-0.25, -0.2) is 0 Å². The first-order chi connectivity index (χ1) is 7.18. The van der Waals surface area contributed by atoms with E-state index in [0.717, 1.165) is 19.6 Å². The van der Waals surface area contributed by atoms with Crippen molar-refractivity contribution >= 4 is 39.1 Å². The van der Waals surface area contributed by atoms with E-state index in [2.05, 4.69) is 15.9 Å². The Morgan fingerprint density at radius 3 is 2.73 bits per heavy atom. The number of halogens is 3. The van der Waals surface area contributed by atoms with Crippen molar-refractivity contribution in [3.05, 3.63) is 33.8 Å². The van der Waals surface area contributed by atoms with Gasteiger partial charge in [-0.15, -0.1) is 0 Å². The van der Waals surface area contributed by atoms with Crippen LogP contribution < -0.4 is 0 Å². The third-order valence-corrected chi connectivity index (χ3v) is 4.66. The summed E-state index contributed by atoms with van der Waals surface area (Å²) in [5, 5.41) is 1.21. The summed E-state index contributed by atoms with van der Waals surface area (Å²) in [5.74, 6) is 0.530. The van der Waals surface area contributed by atoms with E-state index in [1.54, 1.807) is 0 Å². The molecular formula is C11H11BrCl2O. The molecule has 1 heterocycles. The molecule has 0 radical (unpaired) electrons. The maximum atomic E-state index is 5.98. The maximum absolute atomic E-state index is 5.98. The van der Waals surface area contributed by atoms with Gasteiger partial charge >= 0.3 is 0 Å². The second-order valence-electron chi connectivity index (χ2n) is 3.70. The van der Waals surface area contributed by atoms with Crippen LogP contribution in [0.1, 0.15) is 16.8 Å². The van der Waals surface area contributed by atoms with Crippen LogP contribution in [0, 0.1) is 5.92 Å². The number of rotatable bonds is 2. The van der Waals surface area contributed by atoms with E-state index < -0.39 is 0 Å². The van der Waals surface area contributed by atoms with Crippen LogP contribution in [0.25, 0.3) is 0 Å². The molecule has 1 aliphatic heterocycles. The van der Waals surface area contributed by atoms with Crippen molar-refractivity contribution in [1.29, 1.82) is 0 Å². The molecule has 2 rings (SSSR count). The quantitative estimate of drug-likeness (QED) is 0.733. The summed E-state index contributed by atoms with van der Waals surface area (Å²) in [7, 11) is 0. The van der Waals surface area contributed by atoms with E-state index in [1.807, 2.05) is 18.2 Å². The lowest BCUT2D eigenvalue weighted by Gasteiger charge is -2.16. The third-order valence-electron chi connectivity index (χ3n) is 2.64. The zero-order valence-corrected chi connectivity index (χ0v) is 11.1. The molecule has 0 amide bonds. The molecule has 0 spiro atoms. The predicted octanol–water partition coefficient (Wildman–Crippen LogP) is 4.47. The van der Waals surface area contributed by atoms with Crippen molar-refractivity contribution in [1.82, 2.24) is 0 Å². The average Bonchev–Trinajstić information content (AvgIpc) is 2.74. The Balaban J connectivity index is 2.17. The lowest BCUT2D eigenvalue weighted by atomic mass is 9.99. The highest BCUT2D eigenvalue weighted by Gasteiger charge is 2.25. The average molecular weight is 310 g/mol. The highest BCUT2D eigenvalue weighted by atomic mass is 79.9. The van der Waals surface area contributed by atoms with Crippen molar-refractivity contribution in [2.75, 3.05) is 13.2 Å². The molecule has 0 bridgehead atoms. The van der Waals surface area contributed by atoms with Gasteiger partial charge in [0.05, 0.1) is 16.7 Å². The van der Waals surface area contributed by atoms with E-state index in [1.165, 1.54) is 5.56 Å². The Morgan fingerprint density at radius 2 is 2.13 bits per heavy atom. The topological polar surface area (TPSA) is 9.23 Å². The van der Waals surface area contributed by atoms with E-state index in [4.69, 9.17) is 27.9 Å². The zero-order valence-electron chi connectivity index (χ0n) is 8.05. The Labute approximate surface area is 108 Å². The molecule has 1 aromatic rings. The Morgan fingerprint density at radius 1 is 1.33 bits per heavy atom. The molecule has 2 unspecified atom stereocenters.